The van der Waals surface area contributed by atoms with Crippen molar-refractivity contribution in [3.63, 3.8) is 0 Å². The van der Waals surface area contributed by atoms with Gasteiger partial charge < -0.3 is 19.5 Å². The molecule has 1 spiro atoms. The molecule has 1 amide bonds. The first-order chi connectivity index (χ1) is 11.3. The van der Waals surface area contributed by atoms with E-state index < -0.39 is 23.2 Å². The van der Waals surface area contributed by atoms with Crippen molar-refractivity contribution in [2.24, 2.45) is 5.92 Å². The molecule has 2 heterocycles. The lowest BCUT2D eigenvalue weighted by Crippen LogP contribution is -2.46. The first-order valence-corrected chi connectivity index (χ1v) is 8.04. The van der Waals surface area contributed by atoms with Gasteiger partial charge in [0.2, 0.25) is 5.91 Å². The molecule has 1 N–H and O–H groups in total. The van der Waals surface area contributed by atoms with E-state index in [1.807, 2.05) is 38.1 Å². The summed E-state index contributed by atoms with van der Waals surface area (Å²) >= 11 is 0. The number of benzene rings is 1. The van der Waals surface area contributed by atoms with Gasteiger partial charge in [-0.2, -0.15) is 0 Å². The van der Waals surface area contributed by atoms with Crippen molar-refractivity contribution < 1.29 is 23.8 Å². The Morgan fingerprint density at radius 2 is 1.88 bits per heavy atom. The number of nitrogens with one attached hydrogen (secondary N) is 1. The van der Waals surface area contributed by atoms with E-state index in [1.165, 1.54) is 7.11 Å². The van der Waals surface area contributed by atoms with Gasteiger partial charge in [-0.15, -0.1) is 0 Å². The van der Waals surface area contributed by atoms with Gasteiger partial charge in [0.15, 0.2) is 0 Å². The molecule has 0 aliphatic carbocycles. The summed E-state index contributed by atoms with van der Waals surface area (Å²) in [7, 11) is 2.91. The molecule has 1 aromatic carbocycles. The van der Waals surface area contributed by atoms with Crippen molar-refractivity contribution in [1.29, 1.82) is 0 Å². The van der Waals surface area contributed by atoms with Crippen molar-refractivity contribution in [1.82, 2.24) is 5.32 Å². The molecule has 6 nitrogen and oxygen atoms in total. The standard InChI is InChI=1S/C18H23NO5/c1-17(2)10-14(11-5-7-12(22-3)8-6-11)18(24-17)9-13(15(20)19-18)16(21)23-4/h5-8,13-14H,9-10H2,1-4H3,(H,19,20)/t13-,14-,18-/m0/s1. The number of amides is 1. The van der Waals surface area contributed by atoms with Gasteiger partial charge in [0, 0.05) is 12.3 Å². The maximum atomic E-state index is 12.3. The Labute approximate surface area is 141 Å². The molecule has 1 aromatic rings. The Morgan fingerprint density at radius 1 is 1.21 bits per heavy atom. The lowest BCUT2D eigenvalue weighted by Gasteiger charge is -2.31. The highest BCUT2D eigenvalue weighted by Gasteiger charge is 2.60. The zero-order valence-corrected chi connectivity index (χ0v) is 14.4. The van der Waals surface area contributed by atoms with Crippen LogP contribution in [0.2, 0.25) is 0 Å². The first-order valence-electron chi connectivity index (χ1n) is 8.04. The second-order valence-corrected chi connectivity index (χ2v) is 7.05. The van der Waals surface area contributed by atoms with Crippen LogP contribution in [-0.2, 0) is 19.1 Å². The molecule has 0 bridgehead atoms. The largest absolute Gasteiger partial charge is 0.497 e. The van der Waals surface area contributed by atoms with Crippen LogP contribution in [-0.4, -0.2) is 37.4 Å². The summed E-state index contributed by atoms with van der Waals surface area (Å²) in [4.78, 5) is 24.2. The van der Waals surface area contributed by atoms with E-state index >= 15 is 0 Å². The Hall–Kier alpha value is -2.08. The molecule has 2 saturated heterocycles. The maximum absolute atomic E-state index is 12.3. The summed E-state index contributed by atoms with van der Waals surface area (Å²) < 4.78 is 16.2. The monoisotopic (exact) mass is 333 g/mol. The third kappa shape index (κ3) is 2.75. The average molecular weight is 333 g/mol. The average Bonchev–Trinajstić information content (AvgIpc) is 3.02. The predicted molar refractivity (Wildman–Crippen MR) is 86.5 cm³/mol. The van der Waals surface area contributed by atoms with Crippen LogP contribution in [0.4, 0.5) is 0 Å². The topological polar surface area (TPSA) is 73.9 Å². The number of hydrogen-bond donors (Lipinski definition) is 1. The Bertz CT molecular complexity index is 654. The predicted octanol–water partition coefficient (Wildman–Crippen LogP) is 1.98. The molecular formula is C18H23NO5. The second-order valence-electron chi connectivity index (χ2n) is 7.05. The Kier molecular flexibility index (Phi) is 4.03. The third-order valence-electron chi connectivity index (χ3n) is 4.88. The number of rotatable bonds is 3. The van der Waals surface area contributed by atoms with Crippen molar-refractivity contribution >= 4 is 11.9 Å². The highest BCUT2D eigenvalue weighted by atomic mass is 16.5. The number of ether oxygens (including phenoxy) is 3. The highest BCUT2D eigenvalue weighted by Crippen LogP contribution is 2.51. The summed E-state index contributed by atoms with van der Waals surface area (Å²) in [6.07, 6.45) is 1.02. The van der Waals surface area contributed by atoms with Crippen molar-refractivity contribution in [2.45, 2.75) is 43.9 Å². The summed E-state index contributed by atoms with van der Waals surface area (Å²) in [5.41, 5.74) is -0.233. The molecular weight excluding hydrogens is 310 g/mol. The van der Waals surface area contributed by atoms with Crippen molar-refractivity contribution in [3.05, 3.63) is 29.8 Å². The minimum atomic E-state index is -0.881. The van der Waals surface area contributed by atoms with Gasteiger partial charge in [0.1, 0.15) is 17.4 Å². The van der Waals surface area contributed by atoms with E-state index in [2.05, 4.69) is 5.32 Å². The summed E-state index contributed by atoms with van der Waals surface area (Å²) in [6, 6.07) is 7.74. The van der Waals surface area contributed by atoms with Crippen LogP contribution in [0.15, 0.2) is 24.3 Å². The fraction of sp³-hybridized carbons (Fsp3) is 0.556. The number of methoxy groups -OCH3 is 2. The van der Waals surface area contributed by atoms with E-state index in [4.69, 9.17) is 14.2 Å². The van der Waals surface area contributed by atoms with Crippen molar-refractivity contribution in [3.8, 4) is 5.75 Å². The quantitative estimate of drug-likeness (QED) is 0.676. The van der Waals surface area contributed by atoms with E-state index in [9.17, 15) is 9.59 Å². The molecule has 3 rings (SSSR count). The molecule has 130 valence electrons. The maximum Gasteiger partial charge on any atom is 0.318 e. The highest BCUT2D eigenvalue weighted by molar-refractivity contribution is 6.00. The number of esters is 1. The summed E-state index contributed by atoms with van der Waals surface area (Å²) in [6.45, 7) is 3.99. The van der Waals surface area contributed by atoms with E-state index in [0.29, 0.717) is 0 Å². The summed E-state index contributed by atoms with van der Waals surface area (Å²) in [5, 5.41) is 2.93. The fourth-order valence-corrected chi connectivity index (χ4v) is 3.86. The Balaban J connectivity index is 1.95. The number of carbonyl (C=O) groups is 2. The van der Waals surface area contributed by atoms with Gasteiger partial charge in [-0.25, -0.2) is 0 Å². The molecule has 3 atom stereocenters. The Morgan fingerprint density at radius 3 is 2.46 bits per heavy atom. The van der Waals surface area contributed by atoms with Gasteiger partial charge in [-0.3, -0.25) is 9.59 Å². The second kappa shape index (κ2) is 5.77. The van der Waals surface area contributed by atoms with Crippen LogP contribution in [0.1, 0.15) is 38.2 Å². The molecule has 24 heavy (non-hydrogen) atoms. The van der Waals surface area contributed by atoms with Crippen LogP contribution >= 0.6 is 0 Å². The normalized spacial score (nSPS) is 31.1. The molecule has 0 saturated carbocycles. The lowest BCUT2D eigenvalue weighted by atomic mass is 9.82. The van der Waals surface area contributed by atoms with E-state index in [-0.39, 0.29) is 18.2 Å². The minimum Gasteiger partial charge on any atom is -0.497 e. The number of carbonyl (C=O) groups excluding carboxylic acids is 2. The molecule has 0 aromatic heterocycles. The van der Waals surface area contributed by atoms with Crippen LogP contribution in [0.25, 0.3) is 0 Å². The van der Waals surface area contributed by atoms with Crippen molar-refractivity contribution in [2.75, 3.05) is 14.2 Å². The fourth-order valence-electron chi connectivity index (χ4n) is 3.86. The van der Waals surface area contributed by atoms with Crippen LogP contribution in [0.5, 0.6) is 5.75 Å². The summed E-state index contributed by atoms with van der Waals surface area (Å²) in [5.74, 6) is -0.959. The zero-order valence-electron chi connectivity index (χ0n) is 14.4. The van der Waals surface area contributed by atoms with Gasteiger partial charge in [0.25, 0.3) is 0 Å². The smallest absolute Gasteiger partial charge is 0.318 e. The van der Waals surface area contributed by atoms with Crippen LogP contribution < -0.4 is 10.1 Å². The van der Waals surface area contributed by atoms with Crippen LogP contribution in [0.3, 0.4) is 0 Å². The molecule has 0 unspecified atom stereocenters. The molecule has 0 radical (unpaired) electrons. The third-order valence-corrected chi connectivity index (χ3v) is 4.88. The van der Waals surface area contributed by atoms with Gasteiger partial charge >= 0.3 is 5.97 Å². The minimum absolute atomic E-state index is 0.0444. The molecule has 2 aliphatic rings. The molecule has 2 fully saturated rings. The van der Waals surface area contributed by atoms with Gasteiger partial charge in [0.05, 0.1) is 19.8 Å². The van der Waals surface area contributed by atoms with E-state index in [1.54, 1.807) is 7.11 Å². The zero-order chi connectivity index (χ0) is 17.5. The SMILES string of the molecule is COC(=O)[C@H]1C[C@]2(NC1=O)OC(C)(C)C[C@H]2c1ccc(OC)cc1. The van der Waals surface area contributed by atoms with Gasteiger partial charge in [-0.05, 0) is 38.0 Å². The van der Waals surface area contributed by atoms with Gasteiger partial charge in [-0.1, -0.05) is 12.1 Å². The molecule has 2 aliphatic heterocycles. The first kappa shape index (κ1) is 16.8. The lowest BCUT2D eigenvalue weighted by molar-refractivity contribution is -0.149. The van der Waals surface area contributed by atoms with Crippen LogP contribution in [0, 0.1) is 5.92 Å². The molecule has 6 heteroatoms. The number of hydrogen-bond acceptors (Lipinski definition) is 5. The van der Waals surface area contributed by atoms with E-state index in [0.717, 1.165) is 17.7 Å².